The summed E-state index contributed by atoms with van der Waals surface area (Å²) in [5.41, 5.74) is 8.59. The standard InChI is InChI=1S/C23H20N4O3/c1-23(2,30-22(25)28)12-17-16-9-8-15(14-6-4-3-5-7-14)20(17)21(16)29-19-10-11-26-18(13-24)27-19/h3-11,17H,12H2,1-2H3,(H2,25,28). The van der Waals surface area contributed by atoms with Gasteiger partial charge in [-0.15, -0.1) is 0 Å². The molecule has 2 aromatic rings. The van der Waals surface area contributed by atoms with Crippen molar-refractivity contribution in [2.75, 3.05) is 0 Å². The number of ether oxygens (including phenoxy) is 2. The van der Waals surface area contributed by atoms with E-state index in [9.17, 15) is 4.79 Å². The Balaban J connectivity index is 1.71. The summed E-state index contributed by atoms with van der Waals surface area (Å²) >= 11 is 0. The molecule has 2 aliphatic rings. The van der Waals surface area contributed by atoms with Crippen molar-refractivity contribution in [2.24, 2.45) is 11.7 Å². The molecule has 0 fully saturated rings. The summed E-state index contributed by atoms with van der Waals surface area (Å²) in [4.78, 5) is 19.3. The molecule has 0 spiro atoms. The molecule has 150 valence electrons. The fourth-order valence-corrected chi connectivity index (χ4v) is 3.87. The number of benzene rings is 1. The molecule has 1 aromatic carbocycles. The third-order valence-corrected chi connectivity index (χ3v) is 5.04. The summed E-state index contributed by atoms with van der Waals surface area (Å²) in [6.07, 6.45) is 5.33. The number of nitriles is 1. The van der Waals surface area contributed by atoms with E-state index in [0.29, 0.717) is 18.1 Å². The molecule has 7 heteroatoms. The van der Waals surface area contributed by atoms with Crippen LogP contribution in [-0.2, 0) is 4.74 Å². The lowest BCUT2D eigenvalue weighted by molar-refractivity contribution is 0.0312. The zero-order chi connectivity index (χ0) is 21.3. The van der Waals surface area contributed by atoms with E-state index in [4.69, 9.17) is 20.5 Å². The molecular formula is C23H20N4O3. The topological polar surface area (TPSA) is 111 Å². The van der Waals surface area contributed by atoms with Gasteiger partial charge in [0.15, 0.2) is 0 Å². The van der Waals surface area contributed by atoms with E-state index in [1.54, 1.807) is 6.07 Å². The Bertz CT molecular complexity index is 1140. The molecule has 1 unspecified atom stereocenters. The third-order valence-electron chi connectivity index (χ3n) is 5.04. The zero-order valence-corrected chi connectivity index (χ0v) is 16.6. The number of nitrogens with zero attached hydrogens (tertiary/aromatic N) is 3. The Morgan fingerprint density at radius 3 is 2.70 bits per heavy atom. The van der Waals surface area contributed by atoms with Crippen LogP contribution < -0.4 is 10.5 Å². The largest absolute Gasteiger partial charge is 0.444 e. The summed E-state index contributed by atoms with van der Waals surface area (Å²) in [6.45, 7) is 3.67. The summed E-state index contributed by atoms with van der Waals surface area (Å²) < 4.78 is 11.4. The minimum atomic E-state index is -0.798. The minimum Gasteiger partial charge on any atom is -0.444 e. The monoisotopic (exact) mass is 400 g/mol. The van der Waals surface area contributed by atoms with E-state index < -0.39 is 11.7 Å². The number of carbonyl (C=O) groups excluding carboxylic acids is 1. The first-order valence-corrected chi connectivity index (χ1v) is 9.49. The van der Waals surface area contributed by atoms with Crippen LogP contribution in [0.5, 0.6) is 5.88 Å². The summed E-state index contributed by atoms with van der Waals surface area (Å²) in [5, 5.41) is 9.05. The first-order chi connectivity index (χ1) is 14.4. The third kappa shape index (κ3) is 3.67. The number of aromatic nitrogens is 2. The molecule has 0 radical (unpaired) electrons. The van der Waals surface area contributed by atoms with Crippen molar-refractivity contribution in [3.63, 3.8) is 0 Å². The average molecular weight is 400 g/mol. The van der Waals surface area contributed by atoms with E-state index in [1.165, 1.54) is 6.20 Å². The highest BCUT2D eigenvalue weighted by molar-refractivity contribution is 5.89. The smallest absolute Gasteiger partial charge is 0.405 e. The van der Waals surface area contributed by atoms with E-state index >= 15 is 0 Å². The quantitative estimate of drug-likeness (QED) is 0.787. The van der Waals surface area contributed by atoms with Gasteiger partial charge < -0.3 is 15.2 Å². The van der Waals surface area contributed by atoms with Crippen LogP contribution in [0.1, 0.15) is 31.7 Å². The van der Waals surface area contributed by atoms with Crippen LogP contribution in [0.3, 0.4) is 0 Å². The van der Waals surface area contributed by atoms with Crippen LogP contribution in [0.25, 0.3) is 5.57 Å². The van der Waals surface area contributed by atoms with Gasteiger partial charge in [0.25, 0.3) is 0 Å². The molecule has 0 saturated carbocycles. The second kappa shape index (κ2) is 7.48. The number of nitrogens with two attached hydrogens (primary N) is 1. The highest BCUT2D eigenvalue weighted by Crippen LogP contribution is 2.53. The predicted molar refractivity (Wildman–Crippen MR) is 110 cm³/mol. The van der Waals surface area contributed by atoms with Crippen LogP contribution in [0, 0.1) is 17.2 Å². The number of hydrogen-bond acceptors (Lipinski definition) is 6. The molecule has 7 nitrogen and oxygen atoms in total. The highest BCUT2D eigenvalue weighted by atomic mass is 16.6. The molecule has 1 atom stereocenters. The number of primary amides is 1. The molecule has 1 amide bonds. The van der Waals surface area contributed by atoms with Crippen LogP contribution in [0.15, 0.2) is 71.7 Å². The van der Waals surface area contributed by atoms with Crippen LogP contribution in [0.2, 0.25) is 0 Å². The molecular weight excluding hydrogens is 380 g/mol. The lowest BCUT2D eigenvalue weighted by Gasteiger charge is -2.42. The number of carbonyl (C=O) groups is 1. The van der Waals surface area contributed by atoms with E-state index in [0.717, 1.165) is 22.3 Å². The van der Waals surface area contributed by atoms with Crippen molar-refractivity contribution in [3.05, 3.63) is 83.0 Å². The van der Waals surface area contributed by atoms with Gasteiger partial charge in [-0.3, -0.25) is 0 Å². The maximum Gasteiger partial charge on any atom is 0.405 e. The first kappa shape index (κ1) is 19.4. The Hall–Kier alpha value is -3.92. The lowest BCUT2D eigenvalue weighted by Crippen LogP contribution is -2.38. The molecule has 1 heterocycles. The van der Waals surface area contributed by atoms with Crippen molar-refractivity contribution in [1.29, 1.82) is 5.26 Å². The number of allylic oxidation sites excluding steroid dienone is 5. The summed E-state index contributed by atoms with van der Waals surface area (Å²) in [7, 11) is 0. The van der Waals surface area contributed by atoms with E-state index in [-0.39, 0.29) is 11.7 Å². The molecule has 2 N–H and O–H groups in total. The Morgan fingerprint density at radius 1 is 1.23 bits per heavy atom. The van der Waals surface area contributed by atoms with Crippen LogP contribution in [0.4, 0.5) is 4.79 Å². The van der Waals surface area contributed by atoms with Gasteiger partial charge in [0.1, 0.15) is 17.4 Å². The van der Waals surface area contributed by atoms with Gasteiger partial charge >= 0.3 is 6.09 Å². The summed E-state index contributed by atoms with van der Waals surface area (Å²) in [5.74, 6) is 1.08. The maximum atomic E-state index is 11.3. The number of rotatable bonds is 6. The fourth-order valence-electron chi connectivity index (χ4n) is 3.87. The van der Waals surface area contributed by atoms with Gasteiger partial charge in [-0.1, -0.05) is 42.5 Å². The molecule has 4 rings (SSSR count). The summed E-state index contributed by atoms with van der Waals surface area (Å²) in [6, 6.07) is 13.5. The zero-order valence-electron chi connectivity index (χ0n) is 16.6. The fraction of sp³-hybridized carbons (Fsp3) is 0.217. The van der Waals surface area contributed by atoms with Gasteiger partial charge in [0, 0.05) is 29.3 Å². The van der Waals surface area contributed by atoms with Gasteiger partial charge in [0.05, 0.1) is 0 Å². The van der Waals surface area contributed by atoms with Crippen LogP contribution in [-0.4, -0.2) is 21.7 Å². The van der Waals surface area contributed by atoms with Crippen molar-refractivity contribution < 1.29 is 14.3 Å². The molecule has 1 aromatic heterocycles. The number of fused-ring (bicyclic) bond motifs is 2. The number of amides is 1. The number of hydrogen-bond donors (Lipinski definition) is 1. The Morgan fingerprint density at radius 2 is 2.00 bits per heavy atom. The lowest BCUT2D eigenvalue weighted by atomic mass is 9.65. The molecule has 0 saturated heterocycles. The first-order valence-electron chi connectivity index (χ1n) is 9.49. The predicted octanol–water partition coefficient (Wildman–Crippen LogP) is 3.90. The SMILES string of the molecule is CC(C)(CC1c2ccc(-c3ccccc3)c1c2Oc1ccnc(C#N)n1)OC(N)=O. The minimum absolute atomic E-state index is 0.0202. The van der Waals surface area contributed by atoms with Gasteiger partial charge in [0.2, 0.25) is 11.7 Å². The van der Waals surface area contributed by atoms with Gasteiger partial charge in [-0.25, -0.2) is 9.78 Å². The molecule has 2 bridgehead atoms. The Labute approximate surface area is 174 Å². The maximum absolute atomic E-state index is 11.3. The highest BCUT2D eigenvalue weighted by Gasteiger charge is 2.44. The normalized spacial score (nSPS) is 17.3. The van der Waals surface area contributed by atoms with Gasteiger partial charge in [-0.05, 0) is 31.4 Å². The van der Waals surface area contributed by atoms with Crippen molar-refractivity contribution >= 4 is 11.7 Å². The molecule has 0 aliphatic heterocycles. The molecule has 30 heavy (non-hydrogen) atoms. The average Bonchev–Trinajstić information content (AvgIpc) is 2.73. The second-order valence-corrected chi connectivity index (χ2v) is 7.68. The van der Waals surface area contributed by atoms with Gasteiger partial charge in [-0.2, -0.15) is 10.2 Å². The molecule has 2 aliphatic carbocycles. The van der Waals surface area contributed by atoms with Crippen molar-refractivity contribution in [2.45, 2.75) is 25.9 Å². The second-order valence-electron chi connectivity index (χ2n) is 7.68. The van der Waals surface area contributed by atoms with E-state index in [2.05, 4.69) is 16.0 Å². The van der Waals surface area contributed by atoms with E-state index in [1.807, 2.05) is 56.3 Å². The van der Waals surface area contributed by atoms with Crippen molar-refractivity contribution in [3.8, 4) is 11.9 Å². The Kier molecular flexibility index (Phi) is 4.84. The van der Waals surface area contributed by atoms with Crippen LogP contribution >= 0.6 is 0 Å². The van der Waals surface area contributed by atoms with Crippen molar-refractivity contribution in [1.82, 2.24) is 9.97 Å².